The number of benzene rings is 1. The summed E-state index contributed by atoms with van der Waals surface area (Å²) in [6, 6.07) is 6.99. The zero-order chi connectivity index (χ0) is 15.5. The number of hydrogen-bond acceptors (Lipinski definition) is 3. The van der Waals surface area contributed by atoms with E-state index in [0.29, 0.717) is 24.9 Å². The Labute approximate surface area is 123 Å². The first kappa shape index (κ1) is 15.3. The first-order valence-corrected chi connectivity index (χ1v) is 6.95. The van der Waals surface area contributed by atoms with Crippen molar-refractivity contribution >= 4 is 12.0 Å². The monoisotopic (exact) mass is 292 g/mol. The quantitative estimate of drug-likeness (QED) is 0.785. The van der Waals surface area contributed by atoms with Crippen molar-refractivity contribution in [2.45, 2.75) is 31.4 Å². The molecule has 0 radical (unpaired) electrons. The number of carbonyl (C=O) groups excluding carboxylic acids is 1. The van der Waals surface area contributed by atoms with Gasteiger partial charge in [0.2, 0.25) is 0 Å². The van der Waals surface area contributed by atoms with Crippen LogP contribution in [0.25, 0.3) is 0 Å². The van der Waals surface area contributed by atoms with E-state index >= 15 is 0 Å². The lowest BCUT2D eigenvalue weighted by molar-refractivity contribution is -0.139. The predicted molar refractivity (Wildman–Crippen MR) is 76.8 cm³/mol. The molecule has 1 unspecified atom stereocenters. The van der Waals surface area contributed by atoms with Crippen molar-refractivity contribution in [2.75, 3.05) is 13.1 Å². The largest absolute Gasteiger partial charge is 0.479 e. The zero-order valence-corrected chi connectivity index (χ0v) is 12.0. The maximum Gasteiger partial charge on any atom is 0.330 e. The molecule has 0 spiro atoms. The second-order valence-electron chi connectivity index (χ2n) is 5.65. The Bertz CT molecular complexity index is 516. The highest BCUT2D eigenvalue weighted by molar-refractivity contribution is 5.83. The van der Waals surface area contributed by atoms with Crippen LogP contribution in [0.3, 0.4) is 0 Å². The molecule has 1 aliphatic heterocycles. The number of rotatable bonds is 3. The topological polar surface area (TPSA) is 89.9 Å². The standard InChI is InChI=1S/C15H20N2O4/c1-15(21)8-5-9-17(10-15)14(20)16-12(13(18)19)11-6-3-2-4-7-11/h2-4,6-7,12,21H,5,8-10H2,1H3,(H,16,20)(H,18,19)/t12-,15?/m0/s1. The fourth-order valence-electron chi connectivity index (χ4n) is 2.54. The number of likely N-dealkylation sites (tertiary alicyclic amines) is 1. The second-order valence-corrected chi connectivity index (χ2v) is 5.65. The molecule has 1 saturated heterocycles. The third kappa shape index (κ3) is 3.95. The van der Waals surface area contributed by atoms with Crippen molar-refractivity contribution < 1.29 is 19.8 Å². The summed E-state index contributed by atoms with van der Waals surface area (Å²) in [5.74, 6) is -1.11. The number of aliphatic carboxylic acids is 1. The summed E-state index contributed by atoms with van der Waals surface area (Å²) in [4.78, 5) is 25.0. The molecule has 0 aromatic heterocycles. The van der Waals surface area contributed by atoms with Gasteiger partial charge in [0.25, 0.3) is 0 Å². The molecule has 1 heterocycles. The van der Waals surface area contributed by atoms with Crippen LogP contribution in [0, 0.1) is 0 Å². The molecule has 2 amide bonds. The van der Waals surface area contributed by atoms with Gasteiger partial charge >= 0.3 is 12.0 Å². The average molecular weight is 292 g/mol. The van der Waals surface area contributed by atoms with Crippen LogP contribution in [0.5, 0.6) is 0 Å². The predicted octanol–water partition coefficient (Wildman–Crippen LogP) is 1.37. The lowest BCUT2D eigenvalue weighted by Crippen LogP contribution is -2.52. The zero-order valence-electron chi connectivity index (χ0n) is 12.0. The maximum atomic E-state index is 12.2. The van der Waals surface area contributed by atoms with Gasteiger partial charge in [-0.2, -0.15) is 0 Å². The highest BCUT2D eigenvalue weighted by Gasteiger charge is 2.32. The maximum absolute atomic E-state index is 12.2. The first-order valence-electron chi connectivity index (χ1n) is 6.95. The van der Waals surface area contributed by atoms with Crippen molar-refractivity contribution in [1.82, 2.24) is 10.2 Å². The number of nitrogens with zero attached hydrogens (tertiary/aromatic N) is 1. The van der Waals surface area contributed by atoms with Crippen molar-refractivity contribution in [1.29, 1.82) is 0 Å². The molecule has 0 saturated carbocycles. The van der Waals surface area contributed by atoms with Crippen molar-refractivity contribution in [3.05, 3.63) is 35.9 Å². The minimum Gasteiger partial charge on any atom is -0.479 e. The normalized spacial score (nSPS) is 23.4. The number of nitrogens with one attached hydrogen (secondary N) is 1. The van der Waals surface area contributed by atoms with Crippen LogP contribution in [0.1, 0.15) is 31.4 Å². The van der Waals surface area contributed by atoms with Crippen LogP contribution in [0.4, 0.5) is 4.79 Å². The second kappa shape index (κ2) is 6.13. The number of carboxylic acids is 1. The number of urea groups is 1. The summed E-state index contributed by atoms with van der Waals surface area (Å²) in [5, 5.41) is 21.8. The van der Waals surface area contributed by atoms with Crippen LogP contribution in [-0.4, -0.2) is 45.8 Å². The van der Waals surface area contributed by atoms with Crippen LogP contribution >= 0.6 is 0 Å². The Morgan fingerprint density at radius 1 is 1.33 bits per heavy atom. The van der Waals surface area contributed by atoms with Gasteiger partial charge < -0.3 is 20.4 Å². The third-order valence-electron chi connectivity index (χ3n) is 3.61. The van der Waals surface area contributed by atoms with E-state index in [9.17, 15) is 19.8 Å². The Kier molecular flexibility index (Phi) is 4.47. The van der Waals surface area contributed by atoms with E-state index < -0.39 is 23.6 Å². The smallest absolute Gasteiger partial charge is 0.330 e. The average Bonchev–Trinajstić information content (AvgIpc) is 2.44. The van der Waals surface area contributed by atoms with E-state index in [0.717, 1.165) is 0 Å². The van der Waals surface area contributed by atoms with Crippen LogP contribution in [-0.2, 0) is 4.79 Å². The third-order valence-corrected chi connectivity index (χ3v) is 3.61. The Morgan fingerprint density at radius 3 is 2.57 bits per heavy atom. The highest BCUT2D eigenvalue weighted by Crippen LogP contribution is 2.21. The van der Waals surface area contributed by atoms with E-state index in [1.54, 1.807) is 37.3 Å². The van der Waals surface area contributed by atoms with Crippen LogP contribution in [0.15, 0.2) is 30.3 Å². The molecule has 1 aromatic rings. The van der Waals surface area contributed by atoms with Gasteiger partial charge in [-0.15, -0.1) is 0 Å². The van der Waals surface area contributed by atoms with Crippen molar-refractivity contribution in [3.63, 3.8) is 0 Å². The molecular weight excluding hydrogens is 272 g/mol. The van der Waals surface area contributed by atoms with E-state index in [1.165, 1.54) is 4.90 Å². The first-order chi connectivity index (χ1) is 9.89. The van der Waals surface area contributed by atoms with Gasteiger partial charge in [-0.1, -0.05) is 30.3 Å². The molecule has 2 rings (SSSR count). The van der Waals surface area contributed by atoms with Gasteiger partial charge in [0.05, 0.1) is 12.1 Å². The molecule has 1 aliphatic rings. The van der Waals surface area contributed by atoms with E-state index in [1.807, 2.05) is 0 Å². The molecule has 6 heteroatoms. The Hall–Kier alpha value is -2.08. The molecule has 114 valence electrons. The Balaban J connectivity index is 2.07. The number of piperidine rings is 1. The van der Waals surface area contributed by atoms with Crippen molar-refractivity contribution in [3.8, 4) is 0 Å². The molecular formula is C15H20N2O4. The highest BCUT2D eigenvalue weighted by atomic mass is 16.4. The lowest BCUT2D eigenvalue weighted by atomic mass is 9.95. The molecule has 0 aliphatic carbocycles. The summed E-state index contributed by atoms with van der Waals surface area (Å²) < 4.78 is 0. The molecule has 0 bridgehead atoms. The minimum absolute atomic E-state index is 0.208. The lowest BCUT2D eigenvalue weighted by Gasteiger charge is -2.37. The molecule has 1 aromatic carbocycles. The number of hydrogen-bond donors (Lipinski definition) is 3. The van der Waals surface area contributed by atoms with E-state index in [-0.39, 0.29) is 6.54 Å². The summed E-state index contributed by atoms with van der Waals surface area (Å²) in [7, 11) is 0. The van der Waals surface area contributed by atoms with E-state index in [4.69, 9.17) is 0 Å². The van der Waals surface area contributed by atoms with Gasteiger partial charge in [-0.05, 0) is 25.3 Å². The Morgan fingerprint density at radius 2 is 2.00 bits per heavy atom. The molecule has 6 nitrogen and oxygen atoms in total. The SMILES string of the molecule is CC1(O)CCCN(C(=O)N[C@H](C(=O)O)c2ccccc2)C1. The number of β-amino-alcohol motifs (C(OH)–C–C–N with tert-alkyl or cyclic N) is 1. The van der Waals surface area contributed by atoms with Crippen LogP contribution < -0.4 is 5.32 Å². The van der Waals surface area contributed by atoms with Crippen molar-refractivity contribution in [2.24, 2.45) is 0 Å². The van der Waals surface area contributed by atoms with Gasteiger partial charge in [0.1, 0.15) is 0 Å². The molecule has 21 heavy (non-hydrogen) atoms. The van der Waals surface area contributed by atoms with E-state index in [2.05, 4.69) is 5.32 Å². The van der Waals surface area contributed by atoms with Crippen LogP contribution in [0.2, 0.25) is 0 Å². The fourth-order valence-corrected chi connectivity index (χ4v) is 2.54. The molecule has 2 atom stereocenters. The number of aliphatic hydroxyl groups is 1. The molecule has 3 N–H and O–H groups in total. The summed E-state index contributed by atoms with van der Waals surface area (Å²) >= 11 is 0. The number of amides is 2. The molecule has 1 fully saturated rings. The minimum atomic E-state index is -1.11. The number of carboxylic acid groups (broad SMARTS) is 1. The summed E-state index contributed by atoms with van der Waals surface area (Å²) in [5.41, 5.74) is -0.400. The van der Waals surface area contributed by atoms with Gasteiger partial charge in [0, 0.05) is 6.54 Å². The van der Waals surface area contributed by atoms with Gasteiger partial charge in [-0.25, -0.2) is 9.59 Å². The summed E-state index contributed by atoms with van der Waals surface area (Å²) in [6.45, 7) is 2.40. The summed E-state index contributed by atoms with van der Waals surface area (Å²) in [6.07, 6.45) is 1.33. The number of carbonyl (C=O) groups is 2. The fraction of sp³-hybridized carbons (Fsp3) is 0.467. The van der Waals surface area contributed by atoms with Gasteiger partial charge in [-0.3, -0.25) is 0 Å². The van der Waals surface area contributed by atoms with Gasteiger partial charge in [0.15, 0.2) is 6.04 Å².